The summed E-state index contributed by atoms with van der Waals surface area (Å²) in [4.78, 5) is 19.5. The number of carbonyl (C=O) groups excluding carboxylic acids is 1. The van der Waals surface area contributed by atoms with Crippen LogP contribution in [0.4, 0.5) is 10.1 Å². The molecule has 0 unspecified atom stereocenters. The van der Waals surface area contributed by atoms with E-state index in [1.807, 2.05) is 30.3 Å². The lowest BCUT2D eigenvalue weighted by molar-refractivity contribution is -0.113. The van der Waals surface area contributed by atoms with Crippen molar-refractivity contribution in [1.29, 1.82) is 0 Å². The number of aliphatic imine (C=N–C) groups is 1. The smallest absolute Gasteiger partial charge is 0.282 e. The van der Waals surface area contributed by atoms with Crippen molar-refractivity contribution in [2.24, 2.45) is 4.99 Å². The molecule has 0 N–H and O–H groups in total. The number of carbonyl (C=O) groups is 1. The third-order valence-corrected chi connectivity index (χ3v) is 5.23. The lowest BCUT2D eigenvalue weighted by Gasteiger charge is -2.18. The fourth-order valence-corrected chi connectivity index (χ4v) is 3.65. The highest BCUT2D eigenvalue weighted by Gasteiger charge is 2.32. The van der Waals surface area contributed by atoms with Crippen LogP contribution in [-0.4, -0.2) is 26.0 Å². The van der Waals surface area contributed by atoms with Crippen molar-refractivity contribution in [2.45, 2.75) is 0 Å². The fourth-order valence-electron chi connectivity index (χ4n) is 3.26. The Morgan fingerprint density at radius 1 is 0.968 bits per heavy atom. The van der Waals surface area contributed by atoms with Crippen LogP contribution in [0.25, 0.3) is 6.08 Å². The van der Waals surface area contributed by atoms with Gasteiger partial charge in [0.15, 0.2) is 11.5 Å². The molecule has 5 nitrogen and oxygen atoms in total. The van der Waals surface area contributed by atoms with Crippen LogP contribution >= 0.6 is 15.9 Å². The molecule has 3 aromatic rings. The molecule has 31 heavy (non-hydrogen) atoms. The minimum absolute atomic E-state index is 0.256. The van der Waals surface area contributed by atoms with Gasteiger partial charge in [-0.15, -0.1) is 0 Å². The van der Waals surface area contributed by atoms with Crippen molar-refractivity contribution >= 4 is 39.4 Å². The molecule has 0 saturated heterocycles. The quantitative estimate of drug-likeness (QED) is 0.456. The van der Waals surface area contributed by atoms with Gasteiger partial charge in [0.05, 0.1) is 19.9 Å². The van der Waals surface area contributed by atoms with Gasteiger partial charge in [0.1, 0.15) is 17.3 Å². The number of halogens is 2. The Labute approximate surface area is 187 Å². The van der Waals surface area contributed by atoms with Gasteiger partial charge in [-0.3, -0.25) is 9.69 Å². The Hall–Kier alpha value is -3.45. The molecule has 7 heteroatoms. The summed E-state index contributed by atoms with van der Waals surface area (Å²) >= 11 is 3.45. The molecule has 0 saturated carbocycles. The van der Waals surface area contributed by atoms with Crippen LogP contribution < -0.4 is 14.4 Å². The maximum Gasteiger partial charge on any atom is 0.282 e. The van der Waals surface area contributed by atoms with Crippen molar-refractivity contribution < 1.29 is 18.7 Å². The van der Waals surface area contributed by atoms with Crippen molar-refractivity contribution in [3.8, 4) is 11.5 Å². The van der Waals surface area contributed by atoms with Crippen molar-refractivity contribution in [3.63, 3.8) is 0 Å². The summed E-state index contributed by atoms with van der Waals surface area (Å²) in [6.45, 7) is 0. The van der Waals surface area contributed by atoms with Gasteiger partial charge < -0.3 is 9.47 Å². The van der Waals surface area contributed by atoms with E-state index in [4.69, 9.17) is 9.47 Å². The fraction of sp³-hybridized carbons (Fsp3) is 0.0833. The minimum Gasteiger partial charge on any atom is -0.493 e. The Balaban J connectivity index is 1.81. The minimum atomic E-state index is -0.358. The van der Waals surface area contributed by atoms with E-state index < -0.39 is 0 Å². The second-order valence-corrected chi connectivity index (χ2v) is 7.62. The summed E-state index contributed by atoms with van der Waals surface area (Å²) in [6, 6.07) is 18.6. The number of anilines is 1. The Morgan fingerprint density at radius 2 is 1.71 bits per heavy atom. The van der Waals surface area contributed by atoms with Crippen LogP contribution in [0, 0.1) is 5.82 Å². The van der Waals surface area contributed by atoms with Crippen LogP contribution in [0.5, 0.6) is 11.5 Å². The van der Waals surface area contributed by atoms with Gasteiger partial charge in [0, 0.05) is 10.0 Å². The van der Waals surface area contributed by atoms with Gasteiger partial charge in [-0.1, -0.05) is 28.1 Å². The number of methoxy groups -OCH3 is 2. The van der Waals surface area contributed by atoms with Crippen LogP contribution in [-0.2, 0) is 4.79 Å². The monoisotopic (exact) mass is 480 g/mol. The van der Waals surface area contributed by atoms with Crippen LogP contribution in [0.15, 0.2) is 81.9 Å². The summed E-state index contributed by atoms with van der Waals surface area (Å²) in [5.74, 6) is 0.924. The number of amidine groups is 1. The predicted octanol–water partition coefficient (Wildman–Crippen LogP) is 5.44. The molecule has 3 aromatic carbocycles. The number of benzene rings is 3. The van der Waals surface area contributed by atoms with Crippen molar-refractivity contribution in [2.75, 3.05) is 19.1 Å². The average Bonchev–Trinajstić information content (AvgIpc) is 3.10. The number of rotatable bonds is 5. The van der Waals surface area contributed by atoms with E-state index in [0.29, 0.717) is 28.6 Å². The predicted molar refractivity (Wildman–Crippen MR) is 122 cm³/mol. The first-order valence-electron chi connectivity index (χ1n) is 9.38. The molecular weight excluding hydrogens is 463 g/mol. The number of hydrogen-bond donors (Lipinski definition) is 0. The van der Waals surface area contributed by atoms with E-state index >= 15 is 0 Å². The summed E-state index contributed by atoms with van der Waals surface area (Å²) in [7, 11) is 3.11. The van der Waals surface area contributed by atoms with Gasteiger partial charge in [-0.2, -0.15) is 0 Å². The van der Waals surface area contributed by atoms with Crippen LogP contribution in [0.3, 0.4) is 0 Å². The number of ether oxygens (including phenoxy) is 2. The molecule has 0 aliphatic carbocycles. The van der Waals surface area contributed by atoms with Crippen molar-refractivity contribution in [1.82, 2.24) is 0 Å². The summed E-state index contributed by atoms with van der Waals surface area (Å²) in [5, 5.41) is 0. The largest absolute Gasteiger partial charge is 0.493 e. The molecule has 1 aliphatic heterocycles. The molecule has 0 atom stereocenters. The molecule has 1 aliphatic rings. The zero-order chi connectivity index (χ0) is 22.0. The molecule has 0 fully saturated rings. The third kappa shape index (κ3) is 4.22. The topological polar surface area (TPSA) is 51.1 Å². The van der Waals surface area contributed by atoms with Gasteiger partial charge in [0.25, 0.3) is 5.91 Å². The zero-order valence-electron chi connectivity index (χ0n) is 16.8. The van der Waals surface area contributed by atoms with Gasteiger partial charge in [-0.05, 0) is 66.2 Å². The lowest BCUT2D eigenvalue weighted by Crippen LogP contribution is -2.32. The Morgan fingerprint density at radius 3 is 2.39 bits per heavy atom. The molecule has 4 rings (SSSR count). The Bertz CT molecular complexity index is 1210. The first-order chi connectivity index (χ1) is 15.0. The molecule has 0 bridgehead atoms. The van der Waals surface area contributed by atoms with E-state index in [2.05, 4.69) is 20.9 Å². The lowest BCUT2D eigenvalue weighted by atomic mass is 10.1. The van der Waals surface area contributed by atoms with Gasteiger partial charge in [-0.25, -0.2) is 9.38 Å². The molecule has 0 spiro atoms. The second-order valence-electron chi connectivity index (χ2n) is 6.71. The van der Waals surface area contributed by atoms with Crippen molar-refractivity contribution in [3.05, 3.63) is 93.8 Å². The number of hydrogen-bond acceptors (Lipinski definition) is 4. The first-order valence-corrected chi connectivity index (χ1v) is 10.2. The maximum absolute atomic E-state index is 13.5. The highest BCUT2D eigenvalue weighted by atomic mass is 79.9. The van der Waals surface area contributed by atoms with Crippen LogP contribution in [0.1, 0.15) is 11.1 Å². The first kappa shape index (κ1) is 20.8. The zero-order valence-corrected chi connectivity index (χ0v) is 18.4. The summed E-state index contributed by atoms with van der Waals surface area (Å²) in [5.41, 5.74) is 2.27. The van der Waals surface area contributed by atoms with E-state index in [0.717, 1.165) is 10.0 Å². The van der Waals surface area contributed by atoms with Crippen LogP contribution in [0.2, 0.25) is 0 Å². The van der Waals surface area contributed by atoms with E-state index in [9.17, 15) is 9.18 Å². The SMILES string of the molecule is COc1ccc(/C=C2/N=C(c3ccc(F)cc3)N(c3cccc(Br)c3)C2=O)cc1OC. The van der Waals surface area contributed by atoms with E-state index in [1.54, 1.807) is 44.6 Å². The second kappa shape index (κ2) is 8.73. The third-order valence-electron chi connectivity index (χ3n) is 4.74. The van der Waals surface area contributed by atoms with E-state index in [1.165, 1.54) is 17.0 Å². The van der Waals surface area contributed by atoms with E-state index in [-0.39, 0.29) is 17.4 Å². The highest BCUT2D eigenvalue weighted by Crippen LogP contribution is 2.32. The standard InChI is InChI=1S/C24H18BrFN2O3/c1-30-21-11-6-15(13-22(21)31-2)12-20-24(29)28(19-5-3-4-17(25)14-19)23(27-20)16-7-9-18(26)10-8-16/h3-14H,1-2H3/b20-12+. The molecule has 0 radical (unpaired) electrons. The maximum atomic E-state index is 13.5. The number of amides is 1. The van der Waals surface area contributed by atoms with Gasteiger partial charge in [0.2, 0.25) is 0 Å². The number of nitrogens with zero attached hydrogens (tertiary/aromatic N) is 2. The normalized spacial score (nSPS) is 14.7. The molecule has 156 valence electrons. The molecule has 0 aromatic heterocycles. The highest BCUT2D eigenvalue weighted by molar-refractivity contribution is 9.10. The molecule has 1 heterocycles. The molecular formula is C24H18BrFN2O3. The summed E-state index contributed by atoms with van der Waals surface area (Å²) in [6.07, 6.45) is 1.69. The average molecular weight is 481 g/mol. The Kier molecular flexibility index (Phi) is 5.86. The summed E-state index contributed by atoms with van der Waals surface area (Å²) < 4.78 is 24.9. The molecule has 1 amide bonds. The van der Waals surface area contributed by atoms with Gasteiger partial charge >= 0.3 is 0 Å².